The summed E-state index contributed by atoms with van der Waals surface area (Å²) < 4.78 is 26.9. The first kappa shape index (κ1) is 14.5. The van der Waals surface area contributed by atoms with Gasteiger partial charge in [0.05, 0.1) is 10.5 Å². The molecule has 4 nitrogen and oxygen atoms in total. The number of rotatable bonds is 5. The van der Waals surface area contributed by atoms with Crippen LogP contribution in [-0.4, -0.2) is 25.7 Å². The van der Waals surface area contributed by atoms with Crippen LogP contribution in [0, 0.1) is 0 Å². The van der Waals surface area contributed by atoms with Gasteiger partial charge in [-0.2, -0.15) is 0 Å². The third-order valence-corrected chi connectivity index (χ3v) is 5.14. The molecule has 106 valence electrons. The molecule has 5 heteroatoms. The van der Waals surface area contributed by atoms with Crippen LogP contribution in [0.15, 0.2) is 29.2 Å². The average Bonchev–Trinajstić information content (AvgIpc) is 2.84. The minimum absolute atomic E-state index is 0.103. The van der Waals surface area contributed by atoms with Gasteiger partial charge >= 0.3 is 0 Å². The molecule has 0 saturated heterocycles. The smallest absolute Gasteiger partial charge is 0.240 e. The van der Waals surface area contributed by atoms with E-state index in [1.807, 2.05) is 13.0 Å². The molecule has 0 spiro atoms. The van der Waals surface area contributed by atoms with Crippen molar-refractivity contribution in [1.29, 1.82) is 0 Å². The topological polar surface area (TPSA) is 66.4 Å². The molecule has 1 aromatic rings. The second kappa shape index (κ2) is 5.61. The van der Waals surface area contributed by atoms with Crippen molar-refractivity contribution in [3.8, 4) is 0 Å². The largest absolute Gasteiger partial charge is 0.389 e. The fourth-order valence-corrected chi connectivity index (χ4v) is 3.64. The van der Waals surface area contributed by atoms with Gasteiger partial charge in [-0.25, -0.2) is 13.1 Å². The summed E-state index contributed by atoms with van der Waals surface area (Å²) >= 11 is 0. The van der Waals surface area contributed by atoms with Crippen molar-refractivity contribution in [2.75, 3.05) is 6.54 Å². The summed E-state index contributed by atoms with van der Waals surface area (Å²) in [5.41, 5.74) is 0.123. The van der Waals surface area contributed by atoms with Crippen LogP contribution in [0.4, 0.5) is 0 Å². The van der Waals surface area contributed by atoms with Crippen LogP contribution in [0.2, 0.25) is 0 Å². The Kier molecular flexibility index (Phi) is 4.28. The molecule has 1 aliphatic carbocycles. The third-order valence-electron chi connectivity index (χ3n) is 3.74. The van der Waals surface area contributed by atoms with E-state index in [0.717, 1.165) is 24.8 Å². The molecule has 19 heavy (non-hydrogen) atoms. The maximum Gasteiger partial charge on any atom is 0.240 e. The maximum atomic E-state index is 12.2. The Morgan fingerprint density at radius 1 is 1.32 bits per heavy atom. The Labute approximate surface area is 114 Å². The van der Waals surface area contributed by atoms with Gasteiger partial charge < -0.3 is 5.11 Å². The number of hydrogen-bond donors (Lipinski definition) is 2. The van der Waals surface area contributed by atoms with Crippen LogP contribution in [0.25, 0.3) is 0 Å². The lowest BCUT2D eigenvalue weighted by atomic mass is 10.0. The molecule has 0 radical (unpaired) electrons. The van der Waals surface area contributed by atoms with Crippen LogP contribution in [0.3, 0.4) is 0 Å². The molecule has 2 N–H and O–H groups in total. The van der Waals surface area contributed by atoms with Gasteiger partial charge in [-0.15, -0.1) is 0 Å². The van der Waals surface area contributed by atoms with Gasteiger partial charge in [0, 0.05) is 6.54 Å². The highest BCUT2D eigenvalue weighted by Gasteiger charge is 2.32. The van der Waals surface area contributed by atoms with Crippen molar-refractivity contribution >= 4 is 10.0 Å². The van der Waals surface area contributed by atoms with Crippen molar-refractivity contribution in [2.45, 2.75) is 49.5 Å². The molecule has 0 bridgehead atoms. The lowest BCUT2D eigenvalue weighted by molar-refractivity contribution is 0.0532. The van der Waals surface area contributed by atoms with Crippen molar-refractivity contribution < 1.29 is 13.5 Å². The predicted octanol–water partition coefficient (Wildman–Crippen LogP) is 1.83. The van der Waals surface area contributed by atoms with Gasteiger partial charge in [0.15, 0.2) is 0 Å². The number of benzene rings is 1. The summed E-state index contributed by atoms with van der Waals surface area (Å²) in [6, 6.07) is 6.92. The number of nitrogens with one attached hydrogen (secondary N) is 1. The molecule has 0 amide bonds. The minimum atomic E-state index is -3.53. The number of hydrogen-bond acceptors (Lipinski definition) is 3. The zero-order valence-corrected chi connectivity index (χ0v) is 12.0. The standard InChI is InChI=1S/C14H21NO3S/c1-2-12-6-5-7-13(10-12)19(17,18)15-11-14(16)8-3-4-9-14/h5-7,10,15-16H,2-4,8-9,11H2,1H3. The van der Waals surface area contributed by atoms with Crippen LogP contribution in [0.5, 0.6) is 0 Å². The molecular weight excluding hydrogens is 262 g/mol. The lowest BCUT2D eigenvalue weighted by Crippen LogP contribution is -2.40. The van der Waals surface area contributed by atoms with E-state index in [1.54, 1.807) is 18.2 Å². The van der Waals surface area contributed by atoms with Crippen LogP contribution in [0.1, 0.15) is 38.2 Å². The molecule has 1 aromatic carbocycles. The molecule has 0 aromatic heterocycles. The van der Waals surface area contributed by atoms with E-state index in [4.69, 9.17) is 0 Å². The first-order valence-corrected chi connectivity index (χ1v) is 8.24. The Hall–Kier alpha value is -0.910. The average molecular weight is 283 g/mol. The van der Waals surface area contributed by atoms with Gasteiger partial charge in [0.25, 0.3) is 0 Å². The van der Waals surface area contributed by atoms with Gasteiger partial charge in [0.2, 0.25) is 10.0 Å². The molecule has 0 aliphatic heterocycles. The third kappa shape index (κ3) is 3.55. The highest BCUT2D eigenvalue weighted by atomic mass is 32.2. The summed E-state index contributed by atoms with van der Waals surface area (Å²) in [6.07, 6.45) is 4.06. The first-order valence-electron chi connectivity index (χ1n) is 6.76. The minimum Gasteiger partial charge on any atom is -0.389 e. The van der Waals surface area contributed by atoms with Crippen molar-refractivity contribution in [3.05, 3.63) is 29.8 Å². The summed E-state index contributed by atoms with van der Waals surface area (Å²) in [5, 5.41) is 10.2. The second-order valence-electron chi connectivity index (χ2n) is 5.26. The number of sulfonamides is 1. The van der Waals surface area contributed by atoms with E-state index in [1.165, 1.54) is 0 Å². The Bertz CT molecular complexity index is 533. The number of aliphatic hydroxyl groups is 1. The van der Waals surface area contributed by atoms with Crippen LogP contribution in [-0.2, 0) is 16.4 Å². The Morgan fingerprint density at radius 2 is 2.00 bits per heavy atom. The normalized spacial score (nSPS) is 18.6. The van der Waals surface area contributed by atoms with Crippen molar-refractivity contribution in [2.24, 2.45) is 0 Å². The molecule has 0 unspecified atom stereocenters. The fraction of sp³-hybridized carbons (Fsp3) is 0.571. The lowest BCUT2D eigenvalue weighted by Gasteiger charge is -2.22. The van der Waals surface area contributed by atoms with E-state index in [9.17, 15) is 13.5 Å². The fourth-order valence-electron chi connectivity index (χ4n) is 2.46. The van der Waals surface area contributed by atoms with Gasteiger partial charge in [0.1, 0.15) is 0 Å². The van der Waals surface area contributed by atoms with Crippen LogP contribution < -0.4 is 4.72 Å². The molecular formula is C14H21NO3S. The highest BCUT2D eigenvalue weighted by Crippen LogP contribution is 2.29. The Morgan fingerprint density at radius 3 is 2.63 bits per heavy atom. The summed E-state index contributed by atoms with van der Waals surface area (Å²) in [6.45, 7) is 2.09. The summed E-state index contributed by atoms with van der Waals surface area (Å²) in [7, 11) is -3.53. The van der Waals surface area contributed by atoms with Crippen molar-refractivity contribution in [3.63, 3.8) is 0 Å². The van der Waals surface area contributed by atoms with E-state index in [0.29, 0.717) is 12.8 Å². The zero-order valence-electron chi connectivity index (χ0n) is 11.2. The van der Waals surface area contributed by atoms with Gasteiger partial charge in [-0.1, -0.05) is 31.9 Å². The summed E-state index contributed by atoms with van der Waals surface area (Å²) in [5.74, 6) is 0. The van der Waals surface area contributed by atoms with Gasteiger partial charge in [-0.3, -0.25) is 0 Å². The molecule has 2 rings (SSSR count). The van der Waals surface area contributed by atoms with E-state index in [2.05, 4.69) is 4.72 Å². The monoisotopic (exact) mass is 283 g/mol. The molecule has 1 fully saturated rings. The van der Waals surface area contributed by atoms with Gasteiger partial charge in [-0.05, 0) is 37.0 Å². The quantitative estimate of drug-likeness (QED) is 0.866. The zero-order chi connectivity index (χ0) is 13.9. The molecule has 0 atom stereocenters. The predicted molar refractivity (Wildman–Crippen MR) is 74.4 cm³/mol. The molecule has 0 heterocycles. The Balaban J connectivity index is 2.09. The van der Waals surface area contributed by atoms with E-state index >= 15 is 0 Å². The SMILES string of the molecule is CCc1cccc(S(=O)(=O)NCC2(O)CCCC2)c1. The highest BCUT2D eigenvalue weighted by molar-refractivity contribution is 7.89. The van der Waals surface area contributed by atoms with Crippen molar-refractivity contribution in [1.82, 2.24) is 4.72 Å². The first-order chi connectivity index (χ1) is 8.95. The van der Waals surface area contributed by atoms with Crippen LogP contribution >= 0.6 is 0 Å². The van der Waals surface area contributed by atoms with E-state index in [-0.39, 0.29) is 11.4 Å². The molecule has 1 saturated carbocycles. The maximum absolute atomic E-state index is 12.2. The second-order valence-corrected chi connectivity index (χ2v) is 7.02. The summed E-state index contributed by atoms with van der Waals surface area (Å²) in [4.78, 5) is 0.272. The molecule has 1 aliphatic rings. The number of aryl methyl sites for hydroxylation is 1. The van der Waals surface area contributed by atoms with E-state index < -0.39 is 15.6 Å².